The zero-order valence-electron chi connectivity index (χ0n) is 11.3. The Labute approximate surface area is 117 Å². The lowest BCUT2D eigenvalue weighted by molar-refractivity contribution is -0.120. The topological polar surface area (TPSA) is 78.5 Å². The fourth-order valence-corrected chi connectivity index (χ4v) is 2.05. The molecule has 0 radical (unpaired) electrons. The van der Waals surface area contributed by atoms with Crippen molar-refractivity contribution >= 4 is 23.4 Å². The summed E-state index contributed by atoms with van der Waals surface area (Å²) >= 11 is 0. The van der Waals surface area contributed by atoms with Crippen LogP contribution in [-0.4, -0.2) is 42.3 Å². The second kappa shape index (κ2) is 6.18. The molecule has 0 spiro atoms. The largest absolute Gasteiger partial charge is 0.354 e. The molecule has 1 fully saturated rings. The summed E-state index contributed by atoms with van der Waals surface area (Å²) in [5, 5.41) is 5.38. The Bertz CT molecular complexity index is 525. The second-order valence-corrected chi connectivity index (χ2v) is 4.65. The smallest absolute Gasteiger partial charge is 0.253 e. The molecule has 0 bridgehead atoms. The predicted molar refractivity (Wildman–Crippen MR) is 74.3 cm³/mol. The Morgan fingerprint density at radius 2 is 1.90 bits per heavy atom. The molecule has 1 aliphatic heterocycles. The first-order chi connectivity index (χ1) is 9.56. The summed E-state index contributed by atoms with van der Waals surface area (Å²) in [5.41, 5.74) is 1.20. The predicted octanol–water partition coefficient (Wildman–Crippen LogP) is 0.607. The number of carbonyl (C=O) groups is 3. The molecule has 0 aliphatic carbocycles. The summed E-state index contributed by atoms with van der Waals surface area (Å²) < 4.78 is 0. The highest BCUT2D eigenvalue weighted by molar-refractivity contribution is 5.96. The summed E-state index contributed by atoms with van der Waals surface area (Å²) in [4.78, 5) is 36.1. The highest BCUT2D eigenvalue weighted by Crippen LogP contribution is 2.12. The van der Waals surface area contributed by atoms with Crippen LogP contribution in [0.2, 0.25) is 0 Å². The number of nitrogens with one attached hydrogen (secondary N) is 2. The van der Waals surface area contributed by atoms with Gasteiger partial charge < -0.3 is 15.5 Å². The van der Waals surface area contributed by atoms with Gasteiger partial charge in [0.05, 0.1) is 0 Å². The number of rotatable bonds is 2. The van der Waals surface area contributed by atoms with Gasteiger partial charge in [-0.3, -0.25) is 14.4 Å². The lowest BCUT2D eigenvalue weighted by Gasteiger charge is -2.19. The van der Waals surface area contributed by atoms with Gasteiger partial charge in [0.25, 0.3) is 5.91 Å². The van der Waals surface area contributed by atoms with Crippen molar-refractivity contribution in [3.8, 4) is 0 Å². The highest BCUT2D eigenvalue weighted by Gasteiger charge is 2.19. The van der Waals surface area contributed by atoms with Gasteiger partial charge in [-0.1, -0.05) is 0 Å². The molecule has 106 valence electrons. The zero-order chi connectivity index (χ0) is 14.5. The number of carbonyl (C=O) groups excluding carboxylic acids is 3. The van der Waals surface area contributed by atoms with Crippen LogP contribution in [0.3, 0.4) is 0 Å². The number of anilines is 1. The molecule has 1 saturated heterocycles. The molecular weight excluding hydrogens is 258 g/mol. The van der Waals surface area contributed by atoms with Gasteiger partial charge in [-0.2, -0.15) is 0 Å². The van der Waals surface area contributed by atoms with Gasteiger partial charge in [0.2, 0.25) is 11.8 Å². The Morgan fingerprint density at radius 1 is 1.20 bits per heavy atom. The van der Waals surface area contributed by atoms with Gasteiger partial charge in [-0.25, -0.2) is 0 Å². The van der Waals surface area contributed by atoms with E-state index in [1.165, 1.54) is 6.92 Å². The van der Waals surface area contributed by atoms with Crippen molar-refractivity contribution in [2.24, 2.45) is 0 Å². The minimum absolute atomic E-state index is 0.0266. The molecule has 0 atom stereocenters. The Hall–Kier alpha value is -2.37. The van der Waals surface area contributed by atoms with Crippen molar-refractivity contribution in [2.45, 2.75) is 13.3 Å². The highest BCUT2D eigenvalue weighted by atomic mass is 16.2. The first kappa shape index (κ1) is 14.0. The van der Waals surface area contributed by atoms with E-state index in [9.17, 15) is 14.4 Å². The monoisotopic (exact) mass is 275 g/mol. The normalized spacial score (nSPS) is 15.2. The van der Waals surface area contributed by atoms with E-state index in [-0.39, 0.29) is 17.7 Å². The van der Waals surface area contributed by atoms with Crippen LogP contribution < -0.4 is 10.6 Å². The van der Waals surface area contributed by atoms with Gasteiger partial charge in [-0.05, 0) is 24.3 Å². The van der Waals surface area contributed by atoms with E-state index < -0.39 is 0 Å². The minimum atomic E-state index is -0.152. The van der Waals surface area contributed by atoms with Gasteiger partial charge in [0.1, 0.15) is 0 Å². The van der Waals surface area contributed by atoms with E-state index in [2.05, 4.69) is 10.6 Å². The SMILES string of the molecule is CC(=O)Nc1ccc(C(=O)N2CCNC(=O)CC2)cc1. The van der Waals surface area contributed by atoms with Crippen LogP contribution in [0.1, 0.15) is 23.7 Å². The van der Waals surface area contributed by atoms with Crippen LogP contribution in [0.5, 0.6) is 0 Å². The molecule has 6 heteroatoms. The summed E-state index contributed by atoms with van der Waals surface area (Å²) in [6.07, 6.45) is 0.329. The average molecular weight is 275 g/mol. The molecule has 0 saturated carbocycles. The van der Waals surface area contributed by atoms with Crippen LogP contribution in [0.25, 0.3) is 0 Å². The average Bonchev–Trinajstić information content (AvgIpc) is 2.63. The van der Waals surface area contributed by atoms with Gasteiger partial charge in [0.15, 0.2) is 0 Å². The number of hydrogen-bond donors (Lipinski definition) is 2. The third-order valence-corrected chi connectivity index (χ3v) is 3.05. The Morgan fingerprint density at radius 3 is 2.55 bits per heavy atom. The number of hydrogen-bond acceptors (Lipinski definition) is 3. The van der Waals surface area contributed by atoms with Crippen LogP contribution in [0.15, 0.2) is 24.3 Å². The molecule has 6 nitrogen and oxygen atoms in total. The molecule has 0 aromatic heterocycles. The molecule has 1 aromatic rings. The quantitative estimate of drug-likeness (QED) is 0.830. The van der Waals surface area contributed by atoms with Gasteiger partial charge in [0, 0.05) is 44.2 Å². The number of benzene rings is 1. The molecule has 3 amide bonds. The molecule has 0 unspecified atom stereocenters. The fraction of sp³-hybridized carbons (Fsp3) is 0.357. The zero-order valence-corrected chi connectivity index (χ0v) is 11.3. The third kappa shape index (κ3) is 3.57. The molecule has 1 aromatic carbocycles. The Balaban J connectivity index is 2.04. The van der Waals surface area contributed by atoms with Crippen molar-refractivity contribution in [3.05, 3.63) is 29.8 Å². The van der Waals surface area contributed by atoms with Crippen LogP contribution in [-0.2, 0) is 9.59 Å². The van der Waals surface area contributed by atoms with E-state index >= 15 is 0 Å². The second-order valence-electron chi connectivity index (χ2n) is 4.65. The van der Waals surface area contributed by atoms with E-state index in [0.717, 1.165) is 0 Å². The van der Waals surface area contributed by atoms with Gasteiger partial charge >= 0.3 is 0 Å². The van der Waals surface area contributed by atoms with Crippen LogP contribution in [0, 0.1) is 0 Å². The summed E-state index contributed by atoms with van der Waals surface area (Å²) in [6.45, 7) is 2.85. The number of nitrogens with zero attached hydrogens (tertiary/aromatic N) is 1. The van der Waals surface area contributed by atoms with E-state index in [4.69, 9.17) is 0 Å². The van der Waals surface area contributed by atoms with E-state index in [1.54, 1.807) is 29.2 Å². The lowest BCUT2D eigenvalue weighted by atomic mass is 10.1. The first-order valence-corrected chi connectivity index (χ1v) is 6.50. The Kier molecular flexibility index (Phi) is 4.34. The van der Waals surface area contributed by atoms with E-state index in [0.29, 0.717) is 37.3 Å². The molecule has 2 N–H and O–H groups in total. The maximum absolute atomic E-state index is 12.3. The summed E-state index contributed by atoms with van der Waals surface area (Å²) in [7, 11) is 0. The molecule has 2 rings (SSSR count). The summed E-state index contributed by atoms with van der Waals surface area (Å²) in [6, 6.07) is 6.73. The molecule has 20 heavy (non-hydrogen) atoms. The molecular formula is C14H17N3O3. The maximum Gasteiger partial charge on any atom is 0.253 e. The number of amides is 3. The van der Waals surface area contributed by atoms with Crippen LogP contribution in [0.4, 0.5) is 5.69 Å². The standard InChI is InChI=1S/C14H17N3O3/c1-10(18)16-12-4-2-11(3-5-12)14(20)17-8-6-13(19)15-7-9-17/h2-5H,6-9H2,1H3,(H,15,19)(H,16,18). The maximum atomic E-state index is 12.3. The van der Waals surface area contributed by atoms with Crippen molar-refractivity contribution in [1.82, 2.24) is 10.2 Å². The first-order valence-electron chi connectivity index (χ1n) is 6.50. The fourth-order valence-electron chi connectivity index (χ4n) is 2.05. The van der Waals surface area contributed by atoms with Crippen molar-refractivity contribution in [3.63, 3.8) is 0 Å². The minimum Gasteiger partial charge on any atom is -0.354 e. The van der Waals surface area contributed by atoms with Crippen LogP contribution >= 0.6 is 0 Å². The third-order valence-electron chi connectivity index (χ3n) is 3.05. The van der Waals surface area contributed by atoms with Crippen molar-refractivity contribution < 1.29 is 14.4 Å². The molecule has 1 heterocycles. The van der Waals surface area contributed by atoms with E-state index in [1.807, 2.05) is 0 Å². The van der Waals surface area contributed by atoms with Crippen molar-refractivity contribution in [2.75, 3.05) is 25.0 Å². The lowest BCUT2D eigenvalue weighted by Crippen LogP contribution is -2.34. The summed E-state index contributed by atoms with van der Waals surface area (Å²) in [5.74, 6) is -0.279. The molecule has 1 aliphatic rings. The van der Waals surface area contributed by atoms with Crippen molar-refractivity contribution in [1.29, 1.82) is 0 Å². The van der Waals surface area contributed by atoms with Gasteiger partial charge in [-0.15, -0.1) is 0 Å².